The van der Waals surface area contributed by atoms with Crippen LogP contribution in [0.1, 0.15) is 38.4 Å². The first-order valence-electron chi connectivity index (χ1n) is 7.39. The third kappa shape index (κ3) is 3.19. The number of hydrogen-bond donors (Lipinski definition) is 1. The molecule has 0 amide bonds. The van der Waals surface area contributed by atoms with E-state index in [-0.39, 0.29) is 16.9 Å². The number of alkyl halides is 3. The molecule has 0 aliphatic carbocycles. The molecule has 1 aliphatic rings. The van der Waals surface area contributed by atoms with Gasteiger partial charge in [-0.25, -0.2) is 0 Å². The molecular formula is C15H20F3N3O. The van der Waals surface area contributed by atoms with Gasteiger partial charge in [0.1, 0.15) is 0 Å². The van der Waals surface area contributed by atoms with E-state index in [0.717, 1.165) is 4.68 Å². The van der Waals surface area contributed by atoms with Crippen molar-refractivity contribution in [3.8, 4) is 0 Å². The zero-order valence-corrected chi connectivity index (χ0v) is 12.7. The van der Waals surface area contributed by atoms with Crippen molar-refractivity contribution in [3.05, 3.63) is 23.9 Å². The summed E-state index contributed by atoms with van der Waals surface area (Å²) in [5.74, 6) is 0. The third-order valence-corrected chi connectivity index (χ3v) is 3.53. The Labute approximate surface area is 127 Å². The van der Waals surface area contributed by atoms with E-state index < -0.39 is 11.9 Å². The van der Waals surface area contributed by atoms with Crippen LogP contribution in [0.5, 0.6) is 0 Å². The number of aromatic nitrogens is 2. The first kappa shape index (κ1) is 16.6. The molecule has 0 bridgehead atoms. The van der Waals surface area contributed by atoms with Crippen LogP contribution < -0.4 is 5.73 Å². The van der Waals surface area contributed by atoms with Crippen molar-refractivity contribution in [2.45, 2.75) is 38.9 Å². The number of hydrogen-bond acceptors (Lipinski definition) is 3. The predicted octanol–water partition coefficient (Wildman–Crippen LogP) is 4.02. The summed E-state index contributed by atoms with van der Waals surface area (Å²) >= 11 is 0. The molecule has 4 nitrogen and oxygen atoms in total. The molecule has 1 aliphatic heterocycles. The van der Waals surface area contributed by atoms with E-state index >= 15 is 0 Å². The molecule has 0 saturated carbocycles. The van der Waals surface area contributed by atoms with Crippen LogP contribution >= 0.6 is 0 Å². The first-order valence-corrected chi connectivity index (χ1v) is 7.39. The summed E-state index contributed by atoms with van der Waals surface area (Å²) in [5, 5.41) is 4.22. The summed E-state index contributed by atoms with van der Waals surface area (Å²) in [7, 11) is 0. The molecule has 7 heteroatoms. The quantitative estimate of drug-likeness (QED) is 0.809. The van der Waals surface area contributed by atoms with E-state index in [9.17, 15) is 13.2 Å². The second-order valence-corrected chi connectivity index (χ2v) is 4.91. The fraction of sp³-hybridized carbons (Fsp3) is 0.533. The fourth-order valence-corrected chi connectivity index (χ4v) is 2.60. The van der Waals surface area contributed by atoms with Gasteiger partial charge in [0.25, 0.3) is 0 Å². The van der Waals surface area contributed by atoms with Crippen LogP contribution in [0.4, 0.5) is 18.9 Å². The molecule has 1 fully saturated rings. The van der Waals surface area contributed by atoms with Crippen molar-refractivity contribution >= 4 is 16.6 Å². The SMILES string of the molecule is CC.Nc1ccc2c(C(F)(F)F)n(C3CCOCC3)nc2c1. The molecular weight excluding hydrogens is 295 g/mol. The summed E-state index contributed by atoms with van der Waals surface area (Å²) in [5.41, 5.74) is 5.61. The highest BCUT2D eigenvalue weighted by Gasteiger charge is 2.39. The van der Waals surface area contributed by atoms with Crippen LogP contribution in [0.2, 0.25) is 0 Å². The van der Waals surface area contributed by atoms with Crippen LogP contribution in [0.3, 0.4) is 0 Å². The van der Waals surface area contributed by atoms with Gasteiger partial charge in [0, 0.05) is 24.3 Å². The average Bonchev–Trinajstić information content (AvgIpc) is 2.88. The number of nitrogens with two attached hydrogens (primary N) is 1. The lowest BCUT2D eigenvalue weighted by molar-refractivity contribution is -0.144. The lowest BCUT2D eigenvalue weighted by atomic mass is 10.1. The summed E-state index contributed by atoms with van der Waals surface area (Å²) in [4.78, 5) is 0. The van der Waals surface area contributed by atoms with E-state index in [2.05, 4.69) is 5.10 Å². The highest BCUT2D eigenvalue weighted by atomic mass is 19.4. The van der Waals surface area contributed by atoms with Crippen LogP contribution in [-0.4, -0.2) is 23.0 Å². The van der Waals surface area contributed by atoms with Crippen molar-refractivity contribution < 1.29 is 17.9 Å². The lowest BCUT2D eigenvalue weighted by Crippen LogP contribution is -2.25. The number of halogens is 3. The van der Waals surface area contributed by atoms with Crippen LogP contribution in [0.15, 0.2) is 18.2 Å². The summed E-state index contributed by atoms with van der Waals surface area (Å²) < 4.78 is 46.3. The minimum atomic E-state index is -4.44. The second kappa shape index (κ2) is 6.56. The summed E-state index contributed by atoms with van der Waals surface area (Å²) in [6, 6.07) is 4.04. The van der Waals surface area contributed by atoms with Gasteiger partial charge >= 0.3 is 6.18 Å². The van der Waals surface area contributed by atoms with E-state index in [0.29, 0.717) is 31.7 Å². The molecule has 1 aromatic heterocycles. The zero-order chi connectivity index (χ0) is 16.3. The molecule has 3 rings (SSSR count). The van der Waals surface area contributed by atoms with Gasteiger partial charge in [0.05, 0.1) is 11.6 Å². The van der Waals surface area contributed by atoms with Crippen LogP contribution in [-0.2, 0) is 10.9 Å². The Balaban J connectivity index is 0.000000847. The highest BCUT2D eigenvalue weighted by molar-refractivity contribution is 5.85. The van der Waals surface area contributed by atoms with Crippen molar-refractivity contribution in [2.24, 2.45) is 0 Å². The number of ether oxygens (including phenoxy) is 1. The number of rotatable bonds is 1. The fourth-order valence-electron chi connectivity index (χ4n) is 2.60. The second-order valence-electron chi connectivity index (χ2n) is 4.91. The van der Waals surface area contributed by atoms with E-state index in [4.69, 9.17) is 10.5 Å². The van der Waals surface area contributed by atoms with Gasteiger partial charge in [-0.15, -0.1) is 0 Å². The number of anilines is 1. The Bertz CT molecular complexity index is 631. The Morgan fingerprint density at radius 3 is 2.45 bits per heavy atom. The van der Waals surface area contributed by atoms with Gasteiger partial charge in [-0.2, -0.15) is 18.3 Å². The summed E-state index contributed by atoms with van der Waals surface area (Å²) in [6.45, 7) is 4.92. The van der Waals surface area contributed by atoms with Gasteiger partial charge < -0.3 is 10.5 Å². The van der Waals surface area contributed by atoms with Gasteiger partial charge in [0.15, 0.2) is 5.69 Å². The molecule has 0 spiro atoms. The Kier molecular flexibility index (Phi) is 4.95. The molecule has 2 N–H and O–H groups in total. The smallest absolute Gasteiger partial charge is 0.399 e. The topological polar surface area (TPSA) is 53.1 Å². The minimum Gasteiger partial charge on any atom is -0.399 e. The molecule has 0 radical (unpaired) electrons. The van der Waals surface area contributed by atoms with Crippen molar-refractivity contribution in [3.63, 3.8) is 0 Å². The number of nitrogens with zero attached hydrogens (tertiary/aromatic N) is 2. The van der Waals surface area contributed by atoms with Gasteiger partial charge in [-0.05, 0) is 31.0 Å². The van der Waals surface area contributed by atoms with E-state index in [1.807, 2.05) is 13.8 Å². The minimum absolute atomic E-state index is 0.0955. The largest absolute Gasteiger partial charge is 0.433 e. The lowest BCUT2D eigenvalue weighted by Gasteiger charge is -2.24. The van der Waals surface area contributed by atoms with Gasteiger partial charge in [0.2, 0.25) is 0 Å². The summed E-state index contributed by atoms with van der Waals surface area (Å²) in [6.07, 6.45) is -3.37. The molecule has 22 heavy (non-hydrogen) atoms. The molecule has 1 aromatic carbocycles. The van der Waals surface area contributed by atoms with Crippen molar-refractivity contribution in [2.75, 3.05) is 18.9 Å². The van der Waals surface area contributed by atoms with Crippen molar-refractivity contribution in [1.82, 2.24) is 9.78 Å². The molecule has 0 atom stereocenters. The number of nitrogen functional groups attached to an aromatic ring is 1. The zero-order valence-electron chi connectivity index (χ0n) is 12.7. The highest BCUT2D eigenvalue weighted by Crippen LogP contribution is 2.38. The monoisotopic (exact) mass is 315 g/mol. The Morgan fingerprint density at radius 1 is 1.23 bits per heavy atom. The van der Waals surface area contributed by atoms with Gasteiger partial charge in [-0.3, -0.25) is 4.68 Å². The molecule has 122 valence electrons. The standard InChI is InChI=1S/C13H14F3N3O.C2H6/c14-13(15,16)12-10-2-1-8(17)7-11(10)18-19(12)9-3-5-20-6-4-9;1-2/h1-2,7,9H,3-6,17H2;1-2H3. The van der Waals surface area contributed by atoms with E-state index in [1.165, 1.54) is 18.2 Å². The van der Waals surface area contributed by atoms with E-state index in [1.54, 1.807) is 0 Å². The molecule has 2 aromatic rings. The number of fused-ring (bicyclic) bond motifs is 1. The average molecular weight is 315 g/mol. The third-order valence-electron chi connectivity index (χ3n) is 3.53. The predicted molar refractivity (Wildman–Crippen MR) is 79.6 cm³/mol. The molecule has 2 heterocycles. The van der Waals surface area contributed by atoms with Gasteiger partial charge in [-0.1, -0.05) is 13.8 Å². The molecule has 0 unspecified atom stereocenters. The maximum Gasteiger partial charge on any atom is 0.433 e. The van der Waals surface area contributed by atoms with Crippen LogP contribution in [0, 0.1) is 0 Å². The Hall–Kier alpha value is -1.76. The maximum absolute atomic E-state index is 13.3. The molecule has 1 saturated heterocycles. The number of benzene rings is 1. The first-order chi connectivity index (χ1) is 10.5. The maximum atomic E-state index is 13.3. The van der Waals surface area contributed by atoms with Crippen LogP contribution in [0.25, 0.3) is 10.9 Å². The Morgan fingerprint density at radius 2 is 1.86 bits per heavy atom. The normalized spacial score (nSPS) is 16.4. The van der Waals surface area contributed by atoms with Crippen molar-refractivity contribution in [1.29, 1.82) is 0 Å².